The third kappa shape index (κ3) is 2.11. The zero-order valence-corrected chi connectivity index (χ0v) is 10.3. The molecule has 1 aromatic carbocycles. The molecule has 2 aromatic rings. The number of carbonyl (C=O) groups is 2. The van der Waals surface area contributed by atoms with E-state index in [2.05, 4.69) is 15.5 Å². The van der Waals surface area contributed by atoms with Crippen LogP contribution in [0.4, 0.5) is 4.39 Å². The summed E-state index contributed by atoms with van der Waals surface area (Å²) in [5.41, 5.74) is 1.50. The van der Waals surface area contributed by atoms with Crippen molar-refractivity contribution in [2.24, 2.45) is 0 Å². The van der Waals surface area contributed by atoms with Crippen molar-refractivity contribution in [1.29, 1.82) is 0 Å². The second-order valence-electron chi connectivity index (χ2n) is 4.39. The SMILES string of the molecule is O=C1C(NCc2ccc(F)cc2)=CC(=O)c2[nH]ncc21. The van der Waals surface area contributed by atoms with Crippen LogP contribution >= 0.6 is 0 Å². The van der Waals surface area contributed by atoms with Gasteiger partial charge in [0.2, 0.25) is 11.6 Å². The molecule has 0 bridgehead atoms. The van der Waals surface area contributed by atoms with Crippen molar-refractivity contribution >= 4 is 11.6 Å². The molecule has 0 atom stereocenters. The van der Waals surface area contributed by atoms with Crippen LogP contribution in [0.15, 0.2) is 42.2 Å². The Morgan fingerprint density at radius 1 is 1.20 bits per heavy atom. The minimum Gasteiger partial charge on any atom is -0.378 e. The Morgan fingerprint density at radius 2 is 1.95 bits per heavy atom. The fourth-order valence-corrected chi connectivity index (χ4v) is 1.99. The number of ketones is 2. The van der Waals surface area contributed by atoms with Crippen LogP contribution in [0.2, 0.25) is 0 Å². The number of rotatable bonds is 3. The number of Topliss-reactive ketones (excluding diaryl/α,β-unsaturated/α-hetero) is 1. The molecule has 0 spiro atoms. The van der Waals surface area contributed by atoms with Crippen LogP contribution in [0.3, 0.4) is 0 Å². The van der Waals surface area contributed by atoms with E-state index in [-0.39, 0.29) is 34.3 Å². The second-order valence-corrected chi connectivity index (χ2v) is 4.39. The van der Waals surface area contributed by atoms with Crippen molar-refractivity contribution < 1.29 is 14.0 Å². The van der Waals surface area contributed by atoms with Crippen LogP contribution in [-0.2, 0) is 6.54 Å². The third-order valence-corrected chi connectivity index (χ3v) is 3.05. The van der Waals surface area contributed by atoms with Gasteiger partial charge in [-0.3, -0.25) is 14.7 Å². The van der Waals surface area contributed by atoms with Crippen LogP contribution < -0.4 is 5.32 Å². The van der Waals surface area contributed by atoms with E-state index in [1.54, 1.807) is 12.1 Å². The lowest BCUT2D eigenvalue weighted by Gasteiger charge is -2.13. The number of H-pyrrole nitrogens is 1. The lowest BCUT2D eigenvalue weighted by Crippen LogP contribution is -2.26. The van der Waals surface area contributed by atoms with Crippen molar-refractivity contribution in [2.45, 2.75) is 6.54 Å². The molecule has 0 unspecified atom stereocenters. The number of nitrogens with zero attached hydrogens (tertiary/aromatic N) is 1. The summed E-state index contributed by atoms with van der Waals surface area (Å²) >= 11 is 0. The summed E-state index contributed by atoms with van der Waals surface area (Å²) in [5, 5.41) is 9.10. The standard InChI is InChI=1S/C14H10FN3O2/c15-9-3-1-8(2-4-9)6-16-11-5-12(19)13-10(14(11)20)7-17-18-13/h1-5,7,16H,6H2,(H,17,18). The number of nitrogens with one attached hydrogen (secondary N) is 2. The van der Waals surface area contributed by atoms with Gasteiger partial charge in [-0.25, -0.2) is 4.39 Å². The van der Waals surface area contributed by atoms with E-state index in [1.807, 2.05) is 0 Å². The van der Waals surface area contributed by atoms with E-state index in [0.29, 0.717) is 6.54 Å². The largest absolute Gasteiger partial charge is 0.378 e. The number of hydrogen-bond acceptors (Lipinski definition) is 4. The first-order valence-corrected chi connectivity index (χ1v) is 5.97. The minimum atomic E-state index is -0.320. The highest BCUT2D eigenvalue weighted by Gasteiger charge is 2.27. The summed E-state index contributed by atoms with van der Waals surface area (Å²) in [4.78, 5) is 23.9. The Kier molecular flexibility index (Phi) is 2.90. The third-order valence-electron chi connectivity index (χ3n) is 3.05. The van der Waals surface area contributed by atoms with Crippen molar-refractivity contribution in [2.75, 3.05) is 0 Å². The average Bonchev–Trinajstić information content (AvgIpc) is 2.93. The van der Waals surface area contributed by atoms with E-state index in [4.69, 9.17) is 0 Å². The Labute approximate surface area is 113 Å². The summed E-state index contributed by atoms with van der Waals surface area (Å²) in [5.74, 6) is -0.894. The molecule has 1 heterocycles. The molecule has 0 radical (unpaired) electrons. The molecular formula is C14H10FN3O2. The quantitative estimate of drug-likeness (QED) is 0.889. The fraction of sp³-hybridized carbons (Fsp3) is 0.0714. The monoisotopic (exact) mass is 271 g/mol. The molecule has 0 fully saturated rings. The Morgan fingerprint density at radius 3 is 2.70 bits per heavy atom. The van der Waals surface area contributed by atoms with Crippen LogP contribution in [0, 0.1) is 5.82 Å². The Balaban J connectivity index is 1.77. The van der Waals surface area contributed by atoms with E-state index < -0.39 is 0 Å². The summed E-state index contributed by atoms with van der Waals surface area (Å²) in [7, 11) is 0. The van der Waals surface area contributed by atoms with Crippen LogP contribution in [0.25, 0.3) is 0 Å². The summed E-state index contributed by atoms with van der Waals surface area (Å²) in [6.07, 6.45) is 2.58. The summed E-state index contributed by atoms with van der Waals surface area (Å²) < 4.78 is 12.8. The number of allylic oxidation sites excluding steroid dienone is 2. The van der Waals surface area contributed by atoms with Gasteiger partial charge in [-0.05, 0) is 17.7 Å². The Hall–Kier alpha value is -2.76. The van der Waals surface area contributed by atoms with E-state index in [9.17, 15) is 14.0 Å². The zero-order valence-electron chi connectivity index (χ0n) is 10.3. The molecule has 0 saturated carbocycles. The number of aromatic amines is 1. The van der Waals surface area contributed by atoms with Gasteiger partial charge in [0.15, 0.2) is 0 Å². The predicted octanol–water partition coefficient (Wildman–Crippen LogP) is 1.60. The lowest BCUT2D eigenvalue weighted by atomic mass is 9.99. The molecule has 1 aliphatic rings. The van der Waals surface area contributed by atoms with E-state index in [0.717, 1.165) is 5.56 Å². The number of hydrogen-bond donors (Lipinski definition) is 2. The highest BCUT2D eigenvalue weighted by Crippen LogP contribution is 2.17. The van der Waals surface area contributed by atoms with Crippen molar-refractivity contribution in [3.05, 3.63) is 64.9 Å². The van der Waals surface area contributed by atoms with Crippen molar-refractivity contribution in [1.82, 2.24) is 15.5 Å². The maximum atomic E-state index is 12.8. The molecule has 0 saturated heterocycles. The maximum Gasteiger partial charge on any atom is 0.212 e. The normalized spacial score (nSPS) is 13.9. The topological polar surface area (TPSA) is 74.8 Å². The van der Waals surface area contributed by atoms with Gasteiger partial charge >= 0.3 is 0 Å². The number of aromatic nitrogens is 2. The first-order valence-electron chi connectivity index (χ1n) is 5.97. The smallest absolute Gasteiger partial charge is 0.212 e. The van der Waals surface area contributed by atoms with Gasteiger partial charge in [0, 0.05) is 12.6 Å². The molecule has 5 nitrogen and oxygen atoms in total. The highest BCUT2D eigenvalue weighted by atomic mass is 19.1. The second kappa shape index (κ2) is 4.73. The van der Waals surface area contributed by atoms with Crippen LogP contribution in [-0.4, -0.2) is 21.8 Å². The number of benzene rings is 1. The molecule has 2 N–H and O–H groups in total. The molecular weight excluding hydrogens is 261 g/mol. The number of halogens is 1. The van der Waals surface area contributed by atoms with E-state index in [1.165, 1.54) is 24.4 Å². The Bertz CT molecular complexity index is 716. The van der Waals surface area contributed by atoms with Crippen molar-refractivity contribution in [3.63, 3.8) is 0 Å². The molecule has 3 rings (SSSR count). The molecule has 1 aromatic heterocycles. The van der Waals surface area contributed by atoms with Gasteiger partial charge in [-0.1, -0.05) is 12.1 Å². The van der Waals surface area contributed by atoms with Gasteiger partial charge in [-0.2, -0.15) is 5.10 Å². The zero-order chi connectivity index (χ0) is 14.1. The van der Waals surface area contributed by atoms with Gasteiger partial charge in [0.1, 0.15) is 11.5 Å². The molecule has 6 heteroatoms. The molecule has 0 aliphatic heterocycles. The van der Waals surface area contributed by atoms with E-state index >= 15 is 0 Å². The van der Waals surface area contributed by atoms with Crippen LogP contribution in [0.5, 0.6) is 0 Å². The predicted molar refractivity (Wildman–Crippen MR) is 68.6 cm³/mol. The van der Waals surface area contributed by atoms with Gasteiger partial charge in [0.25, 0.3) is 0 Å². The van der Waals surface area contributed by atoms with Gasteiger partial charge in [0.05, 0.1) is 17.5 Å². The summed E-state index contributed by atoms with van der Waals surface area (Å²) in [6, 6.07) is 5.91. The fourth-order valence-electron chi connectivity index (χ4n) is 1.99. The molecule has 100 valence electrons. The lowest BCUT2D eigenvalue weighted by molar-refractivity contribution is 0.0976. The number of fused-ring (bicyclic) bond motifs is 1. The average molecular weight is 271 g/mol. The maximum absolute atomic E-state index is 12.8. The van der Waals surface area contributed by atoms with Gasteiger partial charge in [-0.15, -0.1) is 0 Å². The minimum absolute atomic E-state index is 0.210. The molecule has 1 aliphatic carbocycles. The summed E-state index contributed by atoms with van der Waals surface area (Å²) in [6.45, 7) is 0.332. The van der Waals surface area contributed by atoms with Gasteiger partial charge < -0.3 is 5.32 Å². The number of carbonyl (C=O) groups excluding carboxylic acids is 2. The van der Waals surface area contributed by atoms with Crippen molar-refractivity contribution in [3.8, 4) is 0 Å². The highest BCUT2D eigenvalue weighted by molar-refractivity contribution is 6.23. The first kappa shape index (κ1) is 12.3. The first-order chi connectivity index (χ1) is 9.65. The van der Waals surface area contributed by atoms with Crippen LogP contribution in [0.1, 0.15) is 26.4 Å². The molecule has 0 amide bonds. The molecule has 20 heavy (non-hydrogen) atoms.